The van der Waals surface area contributed by atoms with Crippen LogP contribution in [0.1, 0.15) is 136 Å². The number of fused-ring (bicyclic) bond motifs is 1. The van der Waals surface area contributed by atoms with Crippen molar-refractivity contribution in [2.75, 3.05) is 66.5 Å². The largest absolute Gasteiger partial charge is 0.405 e. The van der Waals surface area contributed by atoms with Crippen molar-refractivity contribution < 1.29 is 13.9 Å². The van der Waals surface area contributed by atoms with Crippen LogP contribution in [0.2, 0.25) is 0 Å². The van der Waals surface area contributed by atoms with Crippen molar-refractivity contribution in [1.82, 2.24) is 39.7 Å². The smallest absolute Gasteiger partial charge is 0.253 e. The number of rotatable bonds is 15. The van der Waals surface area contributed by atoms with Gasteiger partial charge in [0.25, 0.3) is 5.91 Å². The molecule has 11 nitrogen and oxygen atoms in total. The predicted octanol–water partition coefficient (Wildman–Crippen LogP) is 10.7. The number of halogens is 1. The highest BCUT2D eigenvalue weighted by Gasteiger charge is 2.31. The van der Waals surface area contributed by atoms with Crippen LogP contribution < -0.4 is 11.1 Å². The molecule has 0 radical (unpaired) electrons. The van der Waals surface area contributed by atoms with Crippen LogP contribution in [0.25, 0.3) is 22.7 Å². The number of aromatic amines is 1. The molecule has 2 saturated heterocycles. The standard InChI is InChI=1S/C51H70FN9O2.C4H10.C2H6/c1-33(26-45-37(5)55-17-11-44(45)49(63-9)28-43(54-7)10-16-53)38(6)59-20-14-40(15-21-59)50-34(2)24-41(25-35(50)3)51(62)60-18-12-39(13-19-60)31-61-23-22-58(30-36(61)4)32-42-27-48-47(29-46(42)52)56-57(48)8;1-3-4-2;1-2/h10-11,14,16-17,24-29,36,38-39,49,54,56H,12-13,15,18-23,30-32,53H2,1-9H3;3-4H2,1-2H3;1-2H3/b16-10-,33-26+,43-28+;;. The van der Waals surface area contributed by atoms with Gasteiger partial charge in [0.1, 0.15) is 11.9 Å². The van der Waals surface area contributed by atoms with E-state index in [0.29, 0.717) is 18.5 Å². The first-order valence-corrected chi connectivity index (χ1v) is 25.8. The van der Waals surface area contributed by atoms with Gasteiger partial charge in [0.15, 0.2) is 0 Å². The Kier molecular flexibility index (Phi) is 20.9. The van der Waals surface area contributed by atoms with E-state index in [0.717, 1.165) is 116 Å². The van der Waals surface area contributed by atoms with E-state index in [9.17, 15) is 9.18 Å². The summed E-state index contributed by atoms with van der Waals surface area (Å²) in [6, 6.07) is 10.5. The maximum atomic E-state index is 14.8. The van der Waals surface area contributed by atoms with E-state index >= 15 is 0 Å². The van der Waals surface area contributed by atoms with Gasteiger partial charge in [-0.05, 0) is 137 Å². The minimum atomic E-state index is -0.272. The highest BCUT2D eigenvalue weighted by Crippen LogP contribution is 2.33. The third kappa shape index (κ3) is 13.9. The third-order valence-corrected chi connectivity index (χ3v) is 14.6. The number of nitrogens with zero attached hydrogens (tertiary/aromatic N) is 6. The zero-order valence-electron chi connectivity index (χ0n) is 44.5. The molecule has 3 unspecified atom stereocenters. The van der Waals surface area contributed by atoms with Gasteiger partial charge < -0.3 is 20.7 Å². The first-order valence-electron chi connectivity index (χ1n) is 25.8. The maximum absolute atomic E-state index is 14.8. The zero-order valence-corrected chi connectivity index (χ0v) is 44.5. The van der Waals surface area contributed by atoms with Gasteiger partial charge in [-0.2, -0.15) is 0 Å². The van der Waals surface area contributed by atoms with Gasteiger partial charge in [-0.15, -0.1) is 0 Å². The number of benzene rings is 2. The Hall–Kier alpha value is -5.01. The number of hydrogen-bond acceptors (Lipinski definition) is 8. The summed E-state index contributed by atoms with van der Waals surface area (Å²) in [5.74, 6) is 0.582. The van der Waals surface area contributed by atoms with Gasteiger partial charge in [0, 0.05) is 133 Å². The normalized spacial score (nSPS) is 19.0. The van der Waals surface area contributed by atoms with E-state index in [1.165, 1.54) is 46.9 Å². The molecule has 0 saturated carbocycles. The number of ether oxygens (including phenoxy) is 1. The van der Waals surface area contributed by atoms with Gasteiger partial charge in [0.05, 0.1) is 11.0 Å². The number of aromatic nitrogens is 3. The summed E-state index contributed by atoms with van der Waals surface area (Å²) in [6.45, 7) is 29.5. The summed E-state index contributed by atoms with van der Waals surface area (Å²) in [5, 5.41) is 6.29. The SMILES string of the molecule is CC.CCCC.CNC(/C=C\N)=C/C(OC)c1ccnc(C)c1/C=C(\C)C(C)N1CC=C(c2c(C)cc(C(=O)N3CCC(CN4CCN(Cc5cc6c(cc5F)[nH]n6C)CC4C)CC3)cc2C)CC1. The number of methoxy groups -OCH3 is 1. The fourth-order valence-corrected chi connectivity index (χ4v) is 10.1. The Morgan fingerprint density at radius 3 is 2.32 bits per heavy atom. The number of unbranched alkanes of at least 4 members (excludes halogenated alkanes) is 1. The Balaban J connectivity index is 0.00000141. The first kappa shape index (κ1) is 54.9. The number of hydrogen-bond donors (Lipinski definition) is 3. The average molecular weight is 948 g/mol. The average Bonchev–Trinajstić information content (AvgIpc) is 3.35. The Bertz CT molecular complexity index is 2390. The number of likely N-dealkylation sites (N-methyl/N-ethyl adjacent to an activating group) is 1. The molecule has 4 aromatic rings. The number of pyridine rings is 1. The molecule has 3 aliphatic heterocycles. The van der Waals surface area contributed by atoms with Gasteiger partial charge in [-0.1, -0.05) is 58.3 Å². The van der Waals surface area contributed by atoms with E-state index < -0.39 is 0 Å². The van der Waals surface area contributed by atoms with Crippen LogP contribution in [0.5, 0.6) is 0 Å². The third-order valence-electron chi connectivity index (χ3n) is 14.6. The van der Waals surface area contributed by atoms with Crippen molar-refractivity contribution >= 4 is 28.6 Å². The second-order valence-electron chi connectivity index (χ2n) is 19.3. The molecule has 4 N–H and O–H groups in total. The fraction of sp³-hybridized carbons (Fsp3) is 0.544. The minimum Gasteiger partial charge on any atom is -0.405 e. The topological polar surface area (TPSA) is 111 Å². The number of piperazine rings is 1. The molecule has 378 valence electrons. The monoisotopic (exact) mass is 948 g/mol. The number of aryl methyl sites for hydroxylation is 4. The van der Waals surface area contributed by atoms with Crippen molar-refractivity contribution in [2.45, 2.75) is 126 Å². The molecule has 0 aliphatic carbocycles. The van der Waals surface area contributed by atoms with E-state index in [1.807, 2.05) is 63.1 Å². The molecule has 2 aromatic heterocycles. The zero-order chi connectivity index (χ0) is 50.4. The van der Waals surface area contributed by atoms with Crippen LogP contribution in [-0.4, -0.2) is 119 Å². The van der Waals surface area contributed by atoms with Gasteiger partial charge in [-0.25, -0.2) is 4.39 Å². The highest BCUT2D eigenvalue weighted by molar-refractivity contribution is 5.95. The van der Waals surface area contributed by atoms with Crippen LogP contribution in [0.15, 0.2) is 72.2 Å². The highest BCUT2D eigenvalue weighted by atomic mass is 19.1. The van der Waals surface area contributed by atoms with Crippen molar-refractivity contribution in [1.29, 1.82) is 0 Å². The van der Waals surface area contributed by atoms with Crippen LogP contribution in [0, 0.1) is 32.5 Å². The predicted molar refractivity (Wildman–Crippen MR) is 286 cm³/mol. The summed E-state index contributed by atoms with van der Waals surface area (Å²) < 4.78 is 22.7. The number of allylic oxidation sites excluding steroid dienone is 1. The van der Waals surface area contributed by atoms with Crippen LogP contribution >= 0.6 is 0 Å². The lowest BCUT2D eigenvalue weighted by atomic mass is 9.89. The maximum Gasteiger partial charge on any atom is 0.253 e. The molecule has 3 atom stereocenters. The summed E-state index contributed by atoms with van der Waals surface area (Å²) in [6.07, 6.45) is 17.2. The quantitative estimate of drug-likeness (QED) is 0.101. The van der Waals surface area contributed by atoms with Gasteiger partial charge in [-0.3, -0.25) is 34.3 Å². The Labute approximate surface area is 414 Å². The molecule has 1 amide bonds. The van der Waals surface area contributed by atoms with Crippen LogP contribution in [0.3, 0.4) is 0 Å². The molecular weight excluding hydrogens is 862 g/mol. The van der Waals surface area contributed by atoms with Crippen molar-refractivity contribution in [3.05, 3.63) is 123 Å². The summed E-state index contributed by atoms with van der Waals surface area (Å²) >= 11 is 0. The number of carbonyl (C=O) groups is 1. The molecule has 2 fully saturated rings. The lowest BCUT2D eigenvalue weighted by Crippen LogP contribution is -2.53. The van der Waals surface area contributed by atoms with Gasteiger partial charge >= 0.3 is 0 Å². The molecule has 0 bridgehead atoms. The molecule has 5 heterocycles. The molecule has 2 aromatic carbocycles. The summed E-state index contributed by atoms with van der Waals surface area (Å²) in [7, 11) is 5.55. The molecular formula is C57H86FN9O2. The second kappa shape index (κ2) is 26.3. The molecule has 3 aliphatic rings. The molecule has 69 heavy (non-hydrogen) atoms. The number of nitrogens with two attached hydrogens (primary N) is 1. The van der Waals surface area contributed by atoms with Crippen molar-refractivity contribution in [2.24, 2.45) is 18.7 Å². The van der Waals surface area contributed by atoms with E-state index in [1.54, 1.807) is 13.2 Å². The lowest BCUT2D eigenvalue weighted by molar-refractivity contribution is 0.0478. The van der Waals surface area contributed by atoms with E-state index in [4.69, 9.17) is 10.5 Å². The minimum absolute atomic E-state index is 0.134. The summed E-state index contributed by atoms with van der Waals surface area (Å²) in [5.41, 5.74) is 19.4. The first-order chi connectivity index (χ1) is 33.2. The number of piperidine rings is 1. The van der Waals surface area contributed by atoms with E-state index in [2.05, 4.69) is 115 Å². The molecule has 12 heteroatoms. The number of H-pyrrole nitrogens is 1. The molecule has 7 rings (SSSR count). The fourth-order valence-electron chi connectivity index (χ4n) is 10.1. The lowest BCUT2D eigenvalue weighted by Gasteiger charge is -2.42. The van der Waals surface area contributed by atoms with Crippen molar-refractivity contribution in [3.8, 4) is 0 Å². The van der Waals surface area contributed by atoms with E-state index in [-0.39, 0.29) is 23.9 Å². The number of amides is 1. The van der Waals surface area contributed by atoms with Crippen LogP contribution in [-0.2, 0) is 18.3 Å². The van der Waals surface area contributed by atoms with Gasteiger partial charge in [0.2, 0.25) is 0 Å². The van der Waals surface area contributed by atoms with Crippen LogP contribution in [0.4, 0.5) is 4.39 Å². The molecule has 0 spiro atoms. The Morgan fingerprint density at radius 1 is 1.04 bits per heavy atom. The number of carbonyl (C=O) groups excluding carboxylic acids is 1. The Morgan fingerprint density at radius 2 is 1.74 bits per heavy atom. The second-order valence-corrected chi connectivity index (χ2v) is 19.3. The number of nitrogens with one attached hydrogen (secondary N) is 2. The van der Waals surface area contributed by atoms with Crippen molar-refractivity contribution in [3.63, 3.8) is 0 Å². The number of likely N-dealkylation sites (tertiary alicyclic amines) is 1. The summed E-state index contributed by atoms with van der Waals surface area (Å²) in [4.78, 5) is 28.2.